The molecule has 0 aliphatic carbocycles. The summed E-state index contributed by atoms with van der Waals surface area (Å²) in [6.07, 6.45) is 2.86. The Balaban J connectivity index is 1.96. The van der Waals surface area contributed by atoms with Crippen LogP contribution in [0.25, 0.3) is 16.8 Å². The predicted octanol–water partition coefficient (Wildman–Crippen LogP) is 3.31. The number of aromatic nitrogens is 3. The molecule has 0 saturated heterocycles. The number of ketones is 1. The molecule has 1 aliphatic heterocycles. The molecule has 1 atom stereocenters. The van der Waals surface area contributed by atoms with E-state index in [9.17, 15) is 9.59 Å². The summed E-state index contributed by atoms with van der Waals surface area (Å²) in [4.78, 5) is 29.3. The second kappa shape index (κ2) is 7.18. The van der Waals surface area contributed by atoms with Gasteiger partial charge >= 0.3 is 5.97 Å². The number of hydrogen-bond acceptors (Lipinski definition) is 6. The van der Waals surface area contributed by atoms with Gasteiger partial charge < -0.3 is 9.47 Å². The lowest BCUT2D eigenvalue weighted by Gasteiger charge is -2.18. The maximum Gasteiger partial charge on any atom is 0.328 e. The number of allylic oxidation sites excluding steroid dienone is 2. The summed E-state index contributed by atoms with van der Waals surface area (Å²) in [6.45, 7) is 1.79. The average Bonchev–Trinajstić information content (AvgIpc) is 3.00. The fraction of sp³-hybridized carbons (Fsp3) is 0.200. The number of nitrogens with zero attached hydrogens (tertiary/aromatic N) is 3. The summed E-state index contributed by atoms with van der Waals surface area (Å²) in [5, 5.41) is 5.15. The minimum atomic E-state index is -1.10. The quantitative estimate of drug-likeness (QED) is 0.496. The van der Waals surface area contributed by atoms with Crippen molar-refractivity contribution in [1.29, 1.82) is 0 Å². The first kappa shape index (κ1) is 18.3. The second-order valence-electron chi connectivity index (χ2n) is 6.38. The highest BCUT2D eigenvalue weighted by Crippen LogP contribution is 2.32. The van der Waals surface area contributed by atoms with Gasteiger partial charge in [-0.1, -0.05) is 23.7 Å². The molecular weight excluding hydrogens is 382 g/mol. The molecule has 142 valence electrons. The van der Waals surface area contributed by atoms with E-state index in [4.69, 9.17) is 21.1 Å². The Kier molecular flexibility index (Phi) is 4.70. The zero-order chi connectivity index (χ0) is 19.8. The number of ether oxygens (including phenoxy) is 2. The number of carbonyl (C=O) groups is 2. The fourth-order valence-electron chi connectivity index (χ4n) is 3.32. The summed E-state index contributed by atoms with van der Waals surface area (Å²) in [7, 11) is 1.57. The van der Waals surface area contributed by atoms with Gasteiger partial charge in [-0.15, -0.1) is 0 Å². The predicted molar refractivity (Wildman–Crippen MR) is 102 cm³/mol. The van der Waals surface area contributed by atoms with Crippen molar-refractivity contribution in [3.8, 4) is 11.1 Å². The Labute approximate surface area is 165 Å². The van der Waals surface area contributed by atoms with Crippen molar-refractivity contribution >= 4 is 29.0 Å². The SMILES string of the molecule is COCc1nn2c(C3C(=O)C=C(C)OC3=O)ccnc2c1-c1cccc(Cl)c1. The standard InChI is InChI=1S/C20H16ClN3O4/c1-11-8-16(25)18(20(26)28-11)15-6-7-22-19-17(12-4-3-5-13(21)9-12)14(10-27-2)23-24(15)19/h3-9,18H,10H2,1-2H3. The molecule has 0 saturated carbocycles. The first-order valence-electron chi connectivity index (χ1n) is 8.55. The number of fused-ring (bicyclic) bond motifs is 1. The lowest BCUT2D eigenvalue weighted by molar-refractivity contribution is -0.145. The van der Waals surface area contributed by atoms with Crippen molar-refractivity contribution in [2.45, 2.75) is 19.4 Å². The van der Waals surface area contributed by atoms with Gasteiger partial charge in [0.1, 0.15) is 5.76 Å². The van der Waals surface area contributed by atoms with Crippen LogP contribution < -0.4 is 0 Å². The summed E-state index contributed by atoms with van der Waals surface area (Å²) >= 11 is 6.16. The van der Waals surface area contributed by atoms with Crippen molar-refractivity contribution < 1.29 is 19.1 Å². The number of cyclic esters (lactones) is 1. The second-order valence-corrected chi connectivity index (χ2v) is 6.82. The maximum atomic E-state index is 12.5. The minimum absolute atomic E-state index is 0.229. The Morgan fingerprint density at radius 3 is 2.82 bits per heavy atom. The number of benzene rings is 1. The first-order valence-corrected chi connectivity index (χ1v) is 8.92. The first-order chi connectivity index (χ1) is 13.5. The van der Waals surface area contributed by atoms with Crippen LogP contribution in [0.5, 0.6) is 0 Å². The molecular formula is C20H16ClN3O4. The Morgan fingerprint density at radius 1 is 1.29 bits per heavy atom. The number of halogens is 1. The maximum absolute atomic E-state index is 12.5. The van der Waals surface area contributed by atoms with Crippen LogP contribution in [0, 0.1) is 0 Å². The van der Waals surface area contributed by atoms with Crippen LogP contribution in [0.15, 0.2) is 48.4 Å². The van der Waals surface area contributed by atoms with Gasteiger partial charge in [0.15, 0.2) is 17.3 Å². The summed E-state index contributed by atoms with van der Waals surface area (Å²) in [6, 6.07) is 8.89. The molecule has 0 bridgehead atoms. The zero-order valence-electron chi connectivity index (χ0n) is 15.2. The number of hydrogen-bond donors (Lipinski definition) is 0. The third kappa shape index (κ3) is 3.08. The number of esters is 1. The molecule has 2 aromatic heterocycles. The van der Waals surface area contributed by atoms with Gasteiger partial charge in [0.2, 0.25) is 0 Å². The van der Waals surface area contributed by atoms with E-state index in [0.29, 0.717) is 22.1 Å². The Hall–Kier alpha value is -3.03. The van der Waals surface area contributed by atoms with Crippen LogP contribution in [0.4, 0.5) is 0 Å². The van der Waals surface area contributed by atoms with Gasteiger partial charge in [0.25, 0.3) is 0 Å². The van der Waals surface area contributed by atoms with E-state index in [2.05, 4.69) is 10.1 Å². The van der Waals surface area contributed by atoms with Gasteiger partial charge in [-0.25, -0.2) is 9.50 Å². The van der Waals surface area contributed by atoms with Gasteiger partial charge in [0.05, 0.1) is 23.6 Å². The highest BCUT2D eigenvalue weighted by atomic mass is 35.5. The van der Waals surface area contributed by atoms with Crippen LogP contribution in [0.2, 0.25) is 5.02 Å². The molecule has 0 spiro atoms. The van der Waals surface area contributed by atoms with Gasteiger partial charge in [-0.2, -0.15) is 5.10 Å². The minimum Gasteiger partial charge on any atom is -0.430 e. The lowest BCUT2D eigenvalue weighted by Crippen LogP contribution is -2.28. The van der Waals surface area contributed by atoms with E-state index < -0.39 is 11.9 Å². The summed E-state index contributed by atoms with van der Waals surface area (Å²) in [5.74, 6) is -1.81. The summed E-state index contributed by atoms with van der Waals surface area (Å²) in [5.41, 5.74) is 3.04. The molecule has 3 aromatic rings. The fourth-order valence-corrected chi connectivity index (χ4v) is 3.51. The average molecular weight is 398 g/mol. The van der Waals surface area contributed by atoms with Crippen molar-refractivity contribution in [3.63, 3.8) is 0 Å². The van der Waals surface area contributed by atoms with E-state index in [1.807, 2.05) is 12.1 Å². The Morgan fingerprint density at radius 2 is 2.11 bits per heavy atom. The van der Waals surface area contributed by atoms with Crippen molar-refractivity contribution in [2.24, 2.45) is 0 Å². The molecule has 1 unspecified atom stereocenters. The monoisotopic (exact) mass is 397 g/mol. The van der Waals surface area contributed by atoms with Gasteiger partial charge in [-0.3, -0.25) is 9.59 Å². The highest BCUT2D eigenvalue weighted by molar-refractivity contribution is 6.30. The summed E-state index contributed by atoms with van der Waals surface area (Å²) < 4.78 is 11.9. The molecule has 1 aromatic carbocycles. The lowest BCUT2D eigenvalue weighted by atomic mass is 9.97. The van der Waals surface area contributed by atoms with E-state index >= 15 is 0 Å². The van der Waals surface area contributed by atoms with Crippen molar-refractivity contribution in [2.75, 3.05) is 7.11 Å². The third-order valence-electron chi connectivity index (χ3n) is 4.44. The molecule has 7 nitrogen and oxygen atoms in total. The molecule has 0 N–H and O–H groups in total. The van der Waals surface area contributed by atoms with Crippen LogP contribution in [-0.4, -0.2) is 33.5 Å². The number of rotatable bonds is 4. The van der Waals surface area contributed by atoms with Crippen molar-refractivity contribution in [1.82, 2.24) is 14.6 Å². The van der Waals surface area contributed by atoms with E-state index in [1.54, 1.807) is 38.4 Å². The molecule has 1 aliphatic rings. The zero-order valence-corrected chi connectivity index (χ0v) is 15.9. The Bertz CT molecular complexity index is 1140. The van der Waals surface area contributed by atoms with Crippen LogP contribution >= 0.6 is 11.6 Å². The molecule has 3 heterocycles. The largest absolute Gasteiger partial charge is 0.430 e. The molecule has 0 radical (unpaired) electrons. The van der Waals surface area contributed by atoms with E-state index in [1.165, 1.54) is 10.6 Å². The van der Waals surface area contributed by atoms with Crippen LogP contribution in [0.1, 0.15) is 24.2 Å². The highest BCUT2D eigenvalue weighted by Gasteiger charge is 2.35. The van der Waals surface area contributed by atoms with Crippen LogP contribution in [-0.2, 0) is 25.7 Å². The van der Waals surface area contributed by atoms with Gasteiger partial charge in [-0.05, 0) is 30.7 Å². The molecule has 4 rings (SSSR count). The van der Waals surface area contributed by atoms with Gasteiger partial charge in [0, 0.05) is 24.4 Å². The van der Waals surface area contributed by atoms with Crippen LogP contribution in [0.3, 0.4) is 0 Å². The molecule has 0 amide bonds. The molecule has 8 heteroatoms. The normalized spacial score (nSPS) is 17.0. The van der Waals surface area contributed by atoms with Crippen molar-refractivity contribution in [3.05, 3.63) is 64.8 Å². The molecule has 28 heavy (non-hydrogen) atoms. The molecule has 0 fully saturated rings. The van der Waals surface area contributed by atoms with E-state index in [0.717, 1.165) is 11.1 Å². The smallest absolute Gasteiger partial charge is 0.328 e. The number of methoxy groups -OCH3 is 1. The van der Waals surface area contributed by atoms with E-state index in [-0.39, 0.29) is 18.1 Å². The topological polar surface area (TPSA) is 82.8 Å². The third-order valence-corrected chi connectivity index (χ3v) is 4.67. The number of carbonyl (C=O) groups excluding carboxylic acids is 2.